The van der Waals surface area contributed by atoms with Crippen LogP contribution in [-0.4, -0.2) is 14.1 Å². The van der Waals surface area contributed by atoms with Gasteiger partial charge in [-0.2, -0.15) is 5.26 Å². The summed E-state index contributed by atoms with van der Waals surface area (Å²) in [7, 11) is 1.89. The fourth-order valence-corrected chi connectivity index (χ4v) is 5.02. The first-order valence-electron chi connectivity index (χ1n) is 10.5. The van der Waals surface area contributed by atoms with Crippen LogP contribution in [0.5, 0.6) is 0 Å². The zero-order chi connectivity index (χ0) is 22.9. The molecule has 2 aromatic heterocycles. The molecule has 0 fully saturated rings. The molecule has 5 nitrogen and oxygen atoms in total. The number of para-hydroxylation sites is 2. The minimum Gasteiger partial charge on any atom is -0.326 e. The second kappa shape index (κ2) is 8.38. The molecule has 0 saturated carbocycles. The Hall–Kier alpha value is -4.21. The van der Waals surface area contributed by atoms with Crippen molar-refractivity contribution >= 4 is 34.0 Å². The third kappa shape index (κ3) is 3.69. The maximum Gasteiger partial charge on any atom is 0.273 e. The van der Waals surface area contributed by atoms with Crippen molar-refractivity contribution < 1.29 is 0 Å². The standard InChI is InChI=1S/C27H20N4OS/c1-18-9-8-12-20(15-18)31-26(32)24(16-19-10-4-3-5-11-19)33-27(31)21(17-28)25-29-22-13-6-7-14-23(22)30(25)2/h3-16H,1-2H3. The molecule has 0 aliphatic carbocycles. The molecule has 3 aromatic carbocycles. The molecule has 0 unspecified atom stereocenters. The summed E-state index contributed by atoms with van der Waals surface area (Å²) in [5.41, 5.74) is 4.63. The molecule has 0 aliphatic heterocycles. The molecule has 0 amide bonds. The number of aryl methyl sites for hydroxylation is 2. The SMILES string of the molecule is Cc1cccc(-n2c(=C(C#N)c3nc4ccccc4n3C)sc(=Cc3ccccc3)c2=O)c1. The van der Waals surface area contributed by atoms with E-state index in [1.54, 1.807) is 4.57 Å². The highest BCUT2D eigenvalue weighted by Crippen LogP contribution is 2.19. The Kier molecular flexibility index (Phi) is 5.25. The summed E-state index contributed by atoms with van der Waals surface area (Å²) in [5.74, 6) is 0.535. The van der Waals surface area contributed by atoms with Gasteiger partial charge in [0.25, 0.3) is 5.56 Å². The lowest BCUT2D eigenvalue weighted by Gasteiger charge is -2.05. The van der Waals surface area contributed by atoms with Crippen LogP contribution in [0.15, 0.2) is 83.7 Å². The van der Waals surface area contributed by atoms with E-state index in [0.29, 0.717) is 20.6 Å². The second-order valence-corrected chi connectivity index (χ2v) is 8.81. The molecule has 0 saturated heterocycles. The maximum absolute atomic E-state index is 13.6. The van der Waals surface area contributed by atoms with Gasteiger partial charge >= 0.3 is 0 Å². The van der Waals surface area contributed by atoms with Crippen molar-refractivity contribution in [3.63, 3.8) is 0 Å². The van der Waals surface area contributed by atoms with Crippen molar-refractivity contribution in [1.29, 1.82) is 5.26 Å². The number of hydrogen-bond acceptors (Lipinski definition) is 4. The first-order valence-corrected chi connectivity index (χ1v) is 11.3. The van der Waals surface area contributed by atoms with Crippen LogP contribution in [-0.2, 0) is 7.05 Å². The summed E-state index contributed by atoms with van der Waals surface area (Å²) < 4.78 is 4.65. The summed E-state index contributed by atoms with van der Waals surface area (Å²) in [6.07, 6.45) is 1.87. The second-order valence-electron chi connectivity index (χ2n) is 7.78. The smallest absolute Gasteiger partial charge is 0.273 e. The number of fused-ring (bicyclic) bond motifs is 1. The Balaban J connectivity index is 1.91. The Bertz CT molecular complexity index is 1720. The summed E-state index contributed by atoms with van der Waals surface area (Å²) in [6, 6.07) is 27.6. The van der Waals surface area contributed by atoms with Gasteiger partial charge in [-0.05, 0) is 48.4 Å². The van der Waals surface area contributed by atoms with Gasteiger partial charge in [0.15, 0.2) is 5.82 Å². The van der Waals surface area contributed by atoms with Crippen LogP contribution in [0.1, 0.15) is 17.0 Å². The number of nitrogens with zero attached hydrogens (tertiary/aromatic N) is 4. The molecule has 160 valence electrons. The highest BCUT2D eigenvalue weighted by molar-refractivity contribution is 7.07. The topological polar surface area (TPSA) is 63.6 Å². The highest BCUT2D eigenvalue weighted by Gasteiger charge is 2.17. The molecule has 2 heterocycles. The van der Waals surface area contributed by atoms with E-state index in [0.717, 1.165) is 27.8 Å². The van der Waals surface area contributed by atoms with Gasteiger partial charge in [0.05, 0.1) is 21.3 Å². The van der Waals surface area contributed by atoms with Gasteiger partial charge in [0.1, 0.15) is 16.3 Å². The van der Waals surface area contributed by atoms with Crippen molar-refractivity contribution in [3.05, 3.63) is 115 Å². The van der Waals surface area contributed by atoms with E-state index in [1.807, 2.05) is 103 Å². The number of thiazole rings is 1. The predicted molar refractivity (Wildman–Crippen MR) is 133 cm³/mol. The Morgan fingerprint density at radius 1 is 1.03 bits per heavy atom. The average Bonchev–Trinajstić information content (AvgIpc) is 3.32. The maximum atomic E-state index is 13.6. The lowest BCUT2D eigenvalue weighted by molar-refractivity contribution is 0.915. The minimum atomic E-state index is -0.157. The van der Waals surface area contributed by atoms with Crippen LogP contribution in [0.3, 0.4) is 0 Å². The van der Waals surface area contributed by atoms with Gasteiger partial charge in [-0.15, -0.1) is 11.3 Å². The molecule has 0 N–H and O–H groups in total. The van der Waals surface area contributed by atoms with Gasteiger partial charge < -0.3 is 4.57 Å². The van der Waals surface area contributed by atoms with Crippen LogP contribution in [0.2, 0.25) is 0 Å². The van der Waals surface area contributed by atoms with Crippen LogP contribution < -0.4 is 14.8 Å². The molecular weight excluding hydrogens is 428 g/mol. The summed E-state index contributed by atoms with van der Waals surface area (Å²) in [5, 5.41) is 10.2. The molecule has 0 atom stereocenters. The molecule has 0 radical (unpaired) electrons. The molecule has 33 heavy (non-hydrogen) atoms. The van der Waals surface area contributed by atoms with Gasteiger partial charge in [0.2, 0.25) is 0 Å². The zero-order valence-electron chi connectivity index (χ0n) is 18.2. The molecule has 0 bridgehead atoms. The lowest BCUT2D eigenvalue weighted by atomic mass is 10.2. The van der Waals surface area contributed by atoms with E-state index < -0.39 is 0 Å². The summed E-state index contributed by atoms with van der Waals surface area (Å²) in [4.78, 5) is 18.3. The van der Waals surface area contributed by atoms with E-state index in [-0.39, 0.29) is 5.56 Å². The monoisotopic (exact) mass is 448 g/mol. The molecule has 0 aliphatic rings. The van der Waals surface area contributed by atoms with Crippen molar-refractivity contribution in [3.8, 4) is 11.8 Å². The van der Waals surface area contributed by atoms with E-state index >= 15 is 0 Å². The van der Waals surface area contributed by atoms with Crippen molar-refractivity contribution in [2.75, 3.05) is 0 Å². The average molecular weight is 449 g/mol. The van der Waals surface area contributed by atoms with E-state index in [2.05, 4.69) is 6.07 Å². The number of rotatable bonds is 3. The predicted octanol–water partition coefficient (Wildman–Crippen LogP) is 3.65. The molecular formula is C27H20N4OS. The summed E-state index contributed by atoms with van der Waals surface area (Å²) in [6.45, 7) is 1.98. The number of benzene rings is 3. The Labute approximate surface area is 194 Å². The van der Waals surface area contributed by atoms with Crippen LogP contribution >= 0.6 is 11.3 Å². The Morgan fingerprint density at radius 3 is 2.52 bits per heavy atom. The normalized spacial score (nSPS) is 12.7. The van der Waals surface area contributed by atoms with Crippen molar-refractivity contribution in [2.45, 2.75) is 6.92 Å². The van der Waals surface area contributed by atoms with Crippen molar-refractivity contribution in [1.82, 2.24) is 14.1 Å². The quantitative estimate of drug-likeness (QED) is 0.423. The lowest BCUT2D eigenvalue weighted by Crippen LogP contribution is -2.31. The van der Waals surface area contributed by atoms with Crippen LogP contribution in [0, 0.1) is 18.3 Å². The molecule has 0 spiro atoms. The molecule has 5 aromatic rings. The van der Waals surface area contributed by atoms with Gasteiger partial charge in [-0.25, -0.2) is 4.98 Å². The summed E-state index contributed by atoms with van der Waals surface area (Å²) >= 11 is 1.31. The third-order valence-electron chi connectivity index (χ3n) is 5.52. The number of nitriles is 1. The first-order chi connectivity index (χ1) is 16.1. The Morgan fingerprint density at radius 2 is 1.79 bits per heavy atom. The van der Waals surface area contributed by atoms with Gasteiger partial charge in [0, 0.05) is 7.05 Å². The van der Waals surface area contributed by atoms with E-state index in [1.165, 1.54) is 11.3 Å². The zero-order valence-corrected chi connectivity index (χ0v) is 19.0. The fourth-order valence-electron chi connectivity index (χ4n) is 3.91. The van der Waals surface area contributed by atoms with Crippen molar-refractivity contribution in [2.24, 2.45) is 7.05 Å². The van der Waals surface area contributed by atoms with E-state index in [4.69, 9.17) is 4.98 Å². The van der Waals surface area contributed by atoms with Gasteiger partial charge in [-0.1, -0.05) is 54.6 Å². The number of hydrogen-bond donors (Lipinski definition) is 0. The van der Waals surface area contributed by atoms with E-state index in [9.17, 15) is 10.1 Å². The minimum absolute atomic E-state index is 0.157. The number of imidazole rings is 1. The largest absolute Gasteiger partial charge is 0.326 e. The molecule has 6 heteroatoms. The fraction of sp³-hybridized carbons (Fsp3) is 0.0741. The van der Waals surface area contributed by atoms with Crippen LogP contribution in [0.4, 0.5) is 0 Å². The first kappa shape index (κ1) is 20.7. The number of aromatic nitrogens is 3. The van der Waals surface area contributed by atoms with Gasteiger partial charge in [-0.3, -0.25) is 9.36 Å². The van der Waals surface area contributed by atoms with Crippen LogP contribution in [0.25, 0.3) is 28.4 Å². The third-order valence-corrected chi connectivity index (χ3v) is 6.61. The highest BCUT2D eigenvalue weighted by atomic mass is 32.1. The molecule has 5 rings (SSSR count).